The molecule has 0 aromatic heterocycles. The topological polar surface area (TPSA) is 29.5 Å². The summed E-state index contributed by atoms with van der Waals surface area (Å²) in [5, 5.41) is 9.03. The van der Waals surface area contributed by atoms with Gasteiger partial charge in [-0.15, -0.1) is 0 Å². The van der Waals surface area contributed by atoms with Gasteiger partial charge in [-0.3, -0.25) is 0 Å². The van der Waals surface area contributed by atoms with Crippen molar-refractivity contribution >= 4 is 0 Å². The Morgan fingerprint density at radius 2 is 2.00 bits per heavy atom. The Morgan fingerprint density at radius 1 is 1.31 bits per heavy atom. The molecule has 1 aromatic rings. The first-order valence-electron chi connectivity index (χ1n) is 4.27. The minimum atomic E-state index is -1.35. The molecule has 0 saturated carbocycles. The van der Waals surface area contributed by atoms with E-state index in [0.717, 1.165) is 0 Å². The molecule has 1 fully saturated rings. The van der Waals surface area contributed by atoms with Crippen LogP contribution in [0.15, 0.2) is 24.3 Å². The van der Waals surface area contributed by atoms with Crippen LogP contribution in [0.1, 0.15) is 12.0 Å². The highest BCUT2D eigenvalue weighted by Gasteiger charge is 2.36. The number of halogens is 1. The summed E-state index contributed by atoms with van der Waals surface area (Å²) in [6.45, 7) is 0.592. The lowest BCUT2D eigenvalue weighted by atomic mass is 9.95. The van der Waals surface area contributed by atoms with Crippen LogP contribution < -0.4 is 0 Å². The summed E-state index contributed by atoms with van der Waals surface area (Å²) in [7, 11) is 0. The van der Waals surface area contributed by atoms with E-state index in [1.54, 1.807) is 12.1 Å². The van der Waals surface area contributed by atoms with Gasteiger partial charge in [0, 0.05) is 6.42 Å². The molecular formula is C10H11FO2. The monoisotopic (exact) mass is 182 g/mol. The molecule has 0 amide bonds. The molecule has 1 saturated heterocycles. The average Bonchev–Trinajstić information content (AvgIpc) is 2.54. The lowest BCUT2D eigenvalue weighted by Gasteiger charge is -2.17. The van der Waals surface area contributed by atoms with E-state index < -0.39 is 5.67 Å². The van der Waals surface area contributed by atoms with E-state index in [9.17, 15) is 4.39 Å². The molecule has 0 radical (unpaired) electrons. The van der Waals surface area contributed by atoms with Gasteiger partial charge in [-0.05, 0) is 17.7 Å². The maximum Gasteiger partial charge on any atom is 0.161 e. The van der Waals surface area contributed by atoms with Crippen LogP contribution >= 0.6 is 0 Å². The molecule has 0 bridgehead atoms. The molecule has 1 unspecified atom stereocenters. The molecule has 1 N–H and O–H groups in total. The predicted molar refractivity (Wildman–Crippen MR) is 46.3 cm³/mol. The first-order chi connectivity index (χ1) is 6.21. The largest absolute Gasteiger partial charge is 0.508 e. The lowest BCUT2D eigenvalue weighted by molar-refractivity contribution is 0.112. The zero-order chi connectivity index (χ0) is 9.31. The van der Waals surface area contributed by atoms with Gasteiger partial charge < -0.3 is 9.84 Å². The minimum Gasteiger partial charge on any atom is -0.508 e. The van der Waals surface area contributed by atoms with E-state index in [1.165, 1.54) is 12.1 Å². The molecule has 2 nitrogen and oxygen atoms in total. The fourth-order valence-corrected chi connectivity index (χ4v) is 1.53. The van der Waals surface area contributed by atoms with Crippen molar-refractivity contribution in [1.29, 1.82) is 0 Å². The Balaban J connectivity index is 2.29. The average molecular weight is 182 g/mol. The number of hydrogen-bond donors (Lipinski definition) is 1. The molecule has 70 valence electrons. The summed E-state index contributed by atoms with van der Waals surface area (Å²) in [6.07, 6.45) is 0.401. The Bertz CT molecular complexity index is 288. The van der Waals surface area contributed by atoms with E-state index in [0.29, 0.717) is 18.6 Å². The van der Waals surface area contributed by atoms with Crippen LogP contribution in [0, 0.1) is 0 Å². The lowest BCUT2D eigenvalue weighted by Crippen LogP contribution is -2.19. The second-order valence-corrected chi connectivity index (χ2v) is 3.31. The van der Waals surface area contributed by atoms with E-state index >= 15 is 0 Å². The number of phenolic OH excluding ortho intramolecular Hbond substituents is 1. The van der Waals surface area contributed by atoms with Crippen LogP contribution in [0.4, 0.5) is 4.39 Å². The van der Waals surface area contributed by atoms with Crippen molar-refractivity contribution in [3.8, 4) is 5.75 Å². The fraction of sp³-hybridized carbons (Fsp3) is 0.400. The smallest absolute Gasteiger partial charge is 0.161 e. The number of benzene rings is 1. The molecule has 1 heterocycles. The molecule has 1 aliphatic heterocycles. The molecule has 0 spiro atoms. The summed E-state index contributed by atoms with van der Waals surface area (Å²) >= 11 is 0. The van der Waals surface area contributed by atoms with Crippen molar-refractivity contribution in [3.63, 3.8) is 0 Å². The Hall–Kier alpha value is -1.09. The summed E-state index contributed by atoms with van der Waals surface area (Å²) in [4.78, 5) is 0. The number of phenols is 1. The first kappa shape index (κ1) is 8.51. The van der Waals surface area contributed by atoms with Crippen molar-refractivity contribution in [2.24, 2.45) is 0 Å². The molecular weight excluding hydrogens is 171 g/mol. The normalized spacial score (nSPS) is 27.8. The highest BCUT2D eigenvalue weighted by molar-refractivity contribution is 5.30. The van der Waals surface area contributed by atoms with Crippen LogP contribution in [0.3, 0.4) is 0 Å². The van der Waals surface area contributed by atoms with Crippen LogP contribution in [-0.2, 0) is 10.4 Å². The van der Waals surface area contributed by atoms with E-state index in [1.807, 2.05) is 0 Å². The molecule has 13 heavy (non-hydrogen) atoms. The van der Waals surface area contributed by atoms with Crippen molar-refractivity contribution in [1.82, 2.24) is 0 Å². The van der Waals surface area contributed by atoms with Crippen LogP contribution in [0.25, 0.3) is 0 Å². The number of hydrogen-bond acceptors (Lipinski definition) is 2. The number of alkyl halides is 1. The summed E-state index contributed by atoms with van der Waals surface area (Å²) in [5.74, 6) is 0.159. The molecule has 3 heteroatoms. The van der Waals surface area contributed by atoms with Gasteiger partial charge in [0.25, 0.3) is 0 Å². The van der Waals surface area contributed by atoms with Gasteiger partial charge in [0.1, 0.15) is 5.75 Å². The standard InChI is InChI=1S/C10H11FO2/c11-10(5-6-13-7-10)8-1-3-9(12)4-2-8/h1-4,12H,5-7H2. The van der Waals surface area contributed by atoms with Gasteiger partial charge in [0.15, 0.2) is 5.67 Å². The summed E-state index contributed by atoms with van der Waals surface area (Å²) in [6, 6.07) is 6.19. The highest BCUT2D eigenvalue weighted by atomic mass is 19.1. The third-order valence-electron chi connectivity index (χ3n) is 2.36. The molecule has 0 aliphatic carbocycles. The van der Waals surface area contributed by atoms with Gasteiger partial charge in [0.05, 0.1) is 13.2 Å². The zero-order valence-electron chi connectivity index (χ0n) is 7.16. The summed E-state index contributed by atoms with van der Waals surface area (Å²) < 4.78 is 19.0. The maximum atomic E-state index is 14.0. The Labute approximate surface area is 76.0 Å². The highest BCUT2D eigenvalue weighted by Crippen LogP contribution is 2.34. The van der Waals surface area contributed by atoms with Crippen molar-refractivity contribution in [3.05, 3.63) is 29.8 Å². The number of aromatic hydroxyl groups is 1. The maximum absolute atomic E-state index is 14.0. The van der Waals surface area contributed by atoms with Crippen LogP contribution in [0.5, 0.6) is 5.75 Å². The van der Waals surface area contributed by atoms with Gasteiger partial charge in [-0.2, -0.15) is 0 Å². The molecule has 1 aliphatic rings. The Kier molecular flexibility index (Phi) is 1.96. The van der Waals surface area contributed by atoms with E-state index in [4.69, 9.17) is 9.84 Å². The minimum absolute atomic E-state index is 0.123. The molecule has 1 aromatic carbocycles. The predicted octanol–water partition coefficient (Wildman–Crippen LogP) is 1.98. The zero-order valence-corrected chi connectivity index (χ0v) is 7.16. The van der Waals surface area contributed by atoms with Crippen molar-refractivity contribution < 1.29 is 14.2 Å². The van der Waals surface area contributed by atoms with Gasteiger partial charge >= 0.3 is 0 Å². The second-order valence-electron chi connectivity index (χ2n) is 3.31. The van der Waals surface area contributed by atoms with E-state index in [2.05, 4.69) is 0 Å². The quantitative estimate of drug-likeness (QED) is 0.719. The van der Waals surface area contributed by atoms with E-state index in [-0.39, 0.29) is 12.4 Å². The molecule has 1 atom stereocenters. The van der Waals surface area contributed by atoms with Crippen molar-refractivity contribution in [2.75, 3.05) is 13.2 Å². The number of ether oxygens (including phenoxy) is 1. The van der Waals surface area contributed by atoms with Crippen LogP contribution in [0.2, 0.25) is 0 Å². The third kappa shape index (κ3) is 1.52. The Morgan fingerprint density at radius 3 is 2.54 bits per heavy atom. The number of rotatable bonds is 1. The van der Waals surface area contributed by atoms with Gasteiger partial charge in [0.2, 0.25) is 0 Å². The van der Waals surface area contributed by atoms with Crippen LogP contribution in [-0.4, -0.2) is 18.3 Å². The SMILES string of the molecule is Oc1ccc(C2(F)CCOC2)cc1. The summed E-state index contributed by atoms with van der Waals surface area (Å²) in [5.41, 5.74) is -0.768. The fourth-order valence-electron chi connectivity index (χ4n) is 1.53. The third-order valence-corrected chi connectivity index (χ3v) is 2.36. The molecule has 2 rings (SSSR count). The van der Waals surface area contributed by atoms with Crippen molar-refractivity contribution in [2.45, 2.75) is 12.1 Å². The second kappa shape index (κ2) is 3.00. The van der Waals surface area contributed by atoms with Gasteiger partial charge in [-0.1, -0.05) is 12.1 Å². The first-order valence-corrected chi connectivity index (χ1v) is 4.27. The van der Waals surface area contributed by atoms with Gasteiger partial charge in [-0.25, -0.2) is 4.39 Å².